The zero-order valence-corrected chi connectivity index (χ0v) is 38.7. The summed E-state index contributed by atoms with van der Waals surface area (Å²) in [5, 5.41) is 7.07. The van der Waals surface area contributed by atoms with Gasteiger partial charge >= 0.3 is 30.2 Å². The Kier molecular flexibility index (Phi) is 18.4. The molecule has 50 heavy (non-hydrogen) atoms. The van der Waals surface area contributed by atoms with Crippen molar-refractivity contribution >= 4 is 66.5 Å². The Morgan fingerprint density at radius 3 is 1.48 bits per heavy atom. The Hall–Kier alpha value is -2.00. The third-order valence-corrected chi connectivity index (χ3v) is 11.0. The van der Waals surface area contributed by atoms with Crippen LogP contribution in [-0.4, -0.2) is 15.0 Å². The van der Waals surface area contributed by atoms with E-state index in [1.807, 2.05) is 0 Å². The number of fused-ring (bicyclic) bond motifs is 2. The predicted octanol–water partition coefficient (Wildman–Crippen LogP) is 13.6. The molecule has 0 saturated carbocycles. The standard InChI is InChI=1S/C22H27Si.C21H23.2CH3.2ClH.Si.Zr/c1-22(2,3)18-12-10-16(11-13-18)20-9-7-8-17-14-19(15-21(17)20)23(4,5)6;1-14-12-19-15(2)6-11-18(20(19)13-14)16-7-9-17(10-8-16)21(3,4)5;;;;;;/h7-15H,1-6H3;6-13H,1-5H3;2*1H3;2*1H;;/q4*-1;;;;. The van der Waals surface area contributed by atoms with Gasteiger partial charge < -0.3 is 14.9 Å². The molecular weight excluding hydrogens is 759 g/mol. The SMILES string of the molecule is CC(C)(C)c1ccc(-c2cccc3[cH-]c([Si](C)(C)C)cc23)cc1.Cc1cc2c(-c3ccc(C(C)(C)C)cc3)ccc(C)c2[cH-]1.Cl.Cl.[CH3-].[CH3-].[Si]=[Zr]. The first kappa shape index (κ1) is 48.0. The van der Waals surface area contributed by atoms with Crippen LogP contribution in [0.2, 0.25) is 19.6 Å². The number of aryl methyl sites for hydroxylation is 2. The fourth-order valence-corrected chi connectivity index (χ4v) is 7.23. The van der Waals surface area contributed by atoms with E-state index in [1.54, 1.807) is 5.19 Å². The molecular formula is C45H58Cl2Si2Zr-4. The summed E-state index contributed by atoms with van der Waals surface area (Å²) in [5.74, 6) is 0. The second kappa shape index (κ2) is 19.2. The molecule has 0 amide bonds. The number of hydrogen-bond acceptors (Lipinski definition) is 0. The van der Waals surface area contributed by atoms with E-state index in [-0.39, 0.29) is 50.5 Å². The summed E-state index contributed by atoms with van der Waals surface area (Å²) in [6.07, 6.45) is 0. The second-order valence-corrected chi connectivity index (χ2v) is 20.8. The molecule has 0 N–H and O–H groups in total. The molecule has 5 heteroatoms. The molecule has 0 unspecified atom stereocenters. The van der Waals surface area contributed by atoms with Gasteiger partial charge in [-0.2, -0.15) is 12.1 Å². The first-order valence-corrected chi connectivity index (χ1v) is 24.0. The number of rotatable bonds is 3. The van der Waals surface area contributed by atoms with Crippen molar-refractivity contribution in [3.8, 4) is 22.3 Å². The van der Waals surface area contributed by atoms with Crippen LogP contribution in [0.25, 0.3) is 43.8 Å². The van der Waals surface area contributed by atoms with E-state index in [2.05, 4.69) is 185 Å². The summed E-state index contributed by atoms with van der Waals surface area (Å²) in [6.45, 7) is 28.2. The molecule has 2 radical (unpaired) electrons. The van der Waals surface area contributed by atoms with E-state index in [0.717, 1.165) is 0 Å². The zero-order valence-electron chi connectivity index (χ0n) is 32.6. The maximum atomic E-state index is 3.06. The van der Waals surface area contributed by atoms with Crippen LogP contribution >= 0.6 is 24.8 Å². The molecule has 6 rings (SSSR count). The van der Waals surface area contributed by atoms with Gasteiger partial charge in [0.1, 0.15) is 0 Å². The van der Waals surface area contributed by atoms with Crippen molar-refractivity contribution in [1.82, 2.24) is 0 Å². The molecule has 0 saturated heterocycles. The molecule has 0 aromatic heterocycles. The normalized spacial score (nSPS) is 11.0. The van der Waals surface area contributed by atoms with Gasteiger partial charge in [0.05, 0.1) is 8.07 Å². The van der Waals surface area contributed by atoms with E-state index in [9.17, 15) is 0 Å². The van der Waals surface area contributed by atoms with Crippen molar-refractivity contribution in [3.63, 3.8) is 0 Å². The van der Waals surface area contributed by atoms with E-state index in [4.69, 9.17) is 0 Å². The average molecular weight is 817 g/mol. The van der Waals surface area contributed by atoms with Crippen LogP contribution in [0, 0.1) is 28.7 Å². The molecule has 6 aromatic carbocycles. The quantitative estimate of drug-likeness (QED) is 0.123. The van der Waals surface area contributed by atoms with Crippen LogP contribution in [0.4, 0.5) is 0 Å². The molecule has 0 aliphatic heterocycles. The van der Waals surface area contributed by atoms with Crippen LogP contribution in [-0.2, 0) is 34.2 Å². The van der Waals surface area contributed by atoms with Crippen LogP contribution < -0.4 is 5.19 Å². The molecule has 268 valence electrons. The van der Waals surface area contributed by atoms with Crippen molar-refractivity contribution < 1.29 is 23.3 Å². The third kappa shape index (κ3) is 11.2. The topological polar surface area (TPSA) is 0 Å². The Bertz CT molecular complexity index is 1930. The van der Waals surface area contributed by atoms with Gasteiger partial charge in [0.2, 0.25) is 0 Å². The summed E-state index contributed by atoms with van der Waals surface area (Å²) in [5.41, 5.74) is 11.2. The minimum absolute atomic E-state index is 0. The first-order chi connectivity index (χ1) is 21.5. The van der Waals surface area contributed by atoms with Gasteiger partial charge in [-0.25, -0.2) is 0 Å². The van der Waals surface area contributed by atoms with Crippen molar-refractivity contribution in [2.75, 3.05) is 0 Å². The second-order valence-electron chi connectivity index (χ2n) is 15.7. The van der Waals surface area contributed by atoms with Gasteiger partial charge in [-0.1, -0.05) is 147 Å². The van der Waals surface area contributed by atoms with Crippen LogP contribution in [0.1, 0.15) is 63.8 Å². The van der Waals surface area contributed by atoms with E-state index in [0.29, 0.717) is 0 Å². The third-order valence-electron chi connectivity index (χ3n) is 8.99. The van der Waals surface area contributed by atoms with Crippen molar-refractivity contribution in [2.24, 2.45) is 0 Å². The minimum atomic E-state index is -1.27. The Labute approximate surface area is 335 Å². The Balaban J connectivity index is 0.000000853. The Morgan fingerprint density at radius 1 is 0.580 bits per heavy atom. The molecule has 0 aliphatic rings. The molecule has 0 spiro atoms. The van der Waals surface area contributed by atoms with Crippen molar-refractivity contribution in [3.05, 3.63) is 140 Å². The summed E-state index contributed by atoms with van der Waals surface area (Å²) >= 11 is 1.36. The van der Waals surface area contributed by atoms with Crippen LogP contribution in [0.3, 0.4) is 0 Å². The molecule has 0 nitrogen and oxygen atoms in total. The summed E-state index contributed by atoms with van der Waals surface area (Å²) in [6, 6.07) is 38.7. The van der Waals surface area contributed by atoms with E-state index < -0.39 is 8.07 Å². The first-order valence-electron chi connectivity index (χ1n) is 16.4. The van der Waals surface area contributed by atoms with E-state index >= 15 is 0 Å². The number of hydrogen-bond donors (Lipinski definition) is 0. The maximum absolute atomic E-state index is 3.06. The van der Waals surface area contributed by atoms with Crippen molar-refractivity contribution in [2.45, 2.75) is 85.9 Å². The number of halogens is 2. The molecule has 0 bridgehead atoms. The molecule has 0 atom stereocenters. The van der Waals surface area contributed by atoms with Crippen molar-refractivity contribution in [1.29, 1.82) is 0 Å². The molecule has 6 aromatic rings. The van der Waals surface area contributed by atoms with Crippen LogP contribution in [0.5, 0.6) is 0 Å². The summed E-state index contributed by atoms with van der Waals surface area (Å²) in [4.78, 5) is 0. The van der Waals surface area contributed by atoms with Gasteiger partial charge in [0, 0.05) is 0 Å². The van der Waals surface area contributed by atoms with Gasteiger partial charge in [-0.3, -0.25) is 0 Å². The molecule has 0 fully saturated rings. The van der Waals surface area contributed by atoms with Gasteiger partial charge in [-0.05, 0) is 33.1 Å². The van der Waals surface area contributed by atoms with Gasteiger partial charge in [0.25, 0.3) is 0 Å². The monoisotopic (exact) mass is 814 g/mol. The van der Waals surface area contributed by atoms with Gasteiger partial charge in [-0.15, -0.1) is 93.0 Å². The summed E-state index contributed by atoms with van der Waals surface area (Å²) in [7, 11) is -1.27. The fraction of sp³-hybridized carbons (Fsp3) is 0.289. The number of benzene rings is 4. The zero-order chi connectivity index (χ0) is 34.0. The Morgan fingerprint density at radius 2 is 1.04 bits per heavy atom. The van der Waals surface area contributed by atoms with Gasteiger partial charge in [0.15, 0.2) is 0 Å². The summed E-state index contributed by atoms with van der Waals surface area (Å²) < 4.78 is 0. The molecule has 0 aliphatic carbocycles. The average Bonchev–Trinajstić information content (AvgIpc) is 3.63. The van der Waals surface area contributed by atoms with E-state index in [1.165, 1.54) is 89.4 Å². The predicted molar refractivity (Wildman–Crippen MR) is 233 cm³/mol. The van der Waals surface area contributed by atoms with Crippen LogP contribution in [0.15, 0.2) is 103 Å². The molecule has 0 heterocycles. The fourth-order valence-electron chi connectivity index (χ4n) is 6.06.